The van der Waals surface area contributed by atoms with E-state index in [4.69, 9.17) is 0 Å². The zero-order valence-electron chi connectivity index (χ0n) is 13.1. The van der Waals surface area contributed by atoms with Gasteiger partial charge in [-0.2, -0.15) is 0 Å². The highest BCUT2D eigenvalue weighted by molar-refractivity contribution is 6.27. The largest absolute Gasteiger partial charge is 0.511 e. The van der Waals surface area contributed by atoms with Crippen molar-refractivity contribution in [1.82, 2.24) is 0 Å². The minimum Gasteiger partial charge on any atom is -0.511 e. The number of aliphatic hydroxyl groups excluding tert-OH is 1. The molecule has 0 spiro atoms. The number of allylic oxidation sites excluding steroid dienone is 2. The van der Waals surface area contributed by atoms with Crippen LogP contribution in [0.1, 0.15) is 35.1 Å². The van der Waals surface area contributed by atoms with Crippen LogP contribution in [0.15, 0.2) is 17.9 Å². The molecule has 0 aromatic heterocycles. The molecule has 1 N–H and O–H groups in total. The normalized spacial score (nSPS) is 33.0. The van der Waals surface area contributed by atoms with Crippen molar-refractivity contribution in [2.45, 2.75) is 33.6 Å². The molecule has 114 valence electrons. The van der Waals surface area contributed by atoms with Crippen molar-refractivity contribution in [2.75, 3.05) is 0 Å². The lowest BCUT2D eigenvalue weighted by atomic mass is 9.80. The summed E-state index contributed by atoms with van der Waals surface area (Å²) < 4.78 is 0. The van der Waals surface area contributed by atoms with Gasteiger partial charge in [-0.25, -0.2) is 0 Å². The molecule has 0 aliphatic heterocycles. The molecule has 0 saturated heterocycles. The predicted molar refractivity (Wildman–Crippen MR) is 83.4 cm³/mol. The number of aliphatic hydroxyl groups is 1. The van der Waals surface area contributed by atoms with Crippen molar-refractivity contribution in [2.24, 2.45) is 23.7 Å². The summed E-state index contributed by atoms with van der Waals surface area (Å²) >= 11 is 0. The summed E-state index contributed by atoms with van der Waals surface area (Å²) in [5.74, 6) is -0.499. The fourth-order valence-electron chi connectivity index (χ4n) is 5.12. The smallest absolute Gasteiger partial charge is 0.171 e. The van der Waals surface area contributed by atoms with E-state index in [9.17, 15) is 14.7 Å². The summed E-state index contributed by atoms with van der Waals surface area (Å²) in [5.41, 5.74) is 4.54. The molecule has 1 aromatic rings. The number of carbonyl (C=O) groups excluding carboxylic acids is 2. The van der Waals surface area contributed by atoms with Crippen LogP contribution in [0.2, 0.25) is 0 Å². The lowest BCUT2D eigenvalue weighted by molar-refractivity contribution is -0.124. The molecule has 0 heterocycles. The Labute approximate surface area is 130 Å². The van der Waals surface area contributed by atoms with E-state index >= 15 is 0 Å². The Morgan fingerprint density at radius 1 is 0.955 bits per heavy atom. The van der Waals surface area contributed by atoms with Gasteiger partial charge in [0.2, 0.25) is 0 Å². The standard InChI is InChI=1S/C19H20O3/c1-8-6-9(2)13(10(3)7-8)16-18(21)14-11-4-5-12(17(11)20)15(14)19(16)22/h6-7,11-12,14-15,21H,4-5H2,1-3H3. The Balaban J connectivity index is 1.89. The van der Waals surface area contributed by atoms with E-state index in [-0.39, 0.29) is 41.0 Å². The summed E-state index contributed by atoms with van der Waals surface area (Å²) in [4.78, 5) is 25.2. The van der Waals surface area contributed by atoms with E-state index in [1.165, 1.54) is 0 Å². The molecule has 3 nitrogen and oxygen atoms in total. The Hall–Kier alpha value is -1.90. The number of benzene rings is 1. The number of Topliss-reactive ketones (excluding diaryl/α,β-unsaturated/α-hetero) is 2. The second-order valence-corrected chi connectivity index (χ2v) is 7.14. The monoisotopic (exact) mass is 296 g/mol. The van der Waals surface area contributed by atoms with E-state index in [1.807, 2.05) is 32.9 Å². The fourth-order valence-corrected chi connectivity index (χ4v) is 5.12. The van der Waals surface area contributed by atoms with Crippen LogP contribution < -0.4 is 0 Å². The first-order chi connectivity index (χ1) is 10.4. The van der Waals surface area contributed by atoms with Crippen LogP contribution in [0.5, 0.6) is 0 Å². The number of aryl methyl sites for hydroxylation is 3. The summed E-state index contributed by atoms with van der Waals surface area (Å²) in [6.45, 7) is 6.00. The minimum absolute atomic E-state index is 0.0156. The van der Waals surface area contributed by atoms with Crippen molar-refractivity contribution >= 4 is 17.1 Å². The molecule has 22 heavy (non-hydrogen) atoms. The summed E-state index contributed by atoms with van der Waals surface area (Å²) in [5, 5.41) is 10.7. The van der Waals surface area contributed by atoms with Crippen LogP contribution in [0, 0.1) is 44.4 Å². The molecule has 2 fully saturated rings. The van der Waals surface area contributed by atoms with Gasteiger partial charge in [-0.1, -0.05) is 17.7 Å². The van der Waals surface area contributed by atoms with Gasteiger partial charge in [0.15, 0.2) is 5.78 Å². The summed E-state index contributed by atoms with van der Waals surface area (Å²) in [7, 11) is 0. The third kappa shape index (κ3) is 1.52. The zero-order valence-corrected chi connectivity index (χ0v) is 13.1. The van der Waals surface area contributed by atoms with Gasteiger partial charge in [0.25, 0.3) is 0 Å². The highest BCUT2D eigenvalue weighted by atomic mass is 16.3. The van der Waals surface area contributed by atoms with Crippen molar-refractivity contribution in [3.63, 3.8) is 0 Å². The second-order valence-electron chi connectivity index (χ2n) is 7.14. The maximum Gasteiger partial charge on any atom is 0.171 e. The van der Waals surface area contributed by atoms with Gasteiger partial charge in [0.1, 0.15) is 11.5 Å². The fraction of sp³-hybridized carbons (Fsp3) is 0.474. The number of ketones is 2. The zero-order chi connectivity index (χ0) is 15.8. The number of hydrogen-bond donors (Lipinski definition) is 1. The minimum atomic E-state index is -0.304. The third-order valence-corrected chi connectivity index (χ3v) is 5.82. The molecule has 0 radical (unpaired) electrons. The SMILES string of the molecule is Cc1cc(C)c(C2=C(O)C3C4CCC(C4=O)C3C2=O)c(C)c1. The van der Waals surface area contributed by atoms with E-state index in [1.54, 1.807) is 0 Å². The molecule has 2 saturated carbocycles. The van der Waals surface area contributed by atoms with Gasteiger partial charge >= 0.3 is 0 Å². The Kier molecular flexibility index (Phi) is 2.69. The van der Waals surface area contributed by atoms with Crippen molar-refractivity contribution in [3.8, 4) is 0 Å². The first-order valence-electron chi connectivity index (χ1n) is 8.01. The van der Waals surface area contributed by atoms with Crippen LogP contribution in [-0.4, -0.2) is 16.7 Å². The lowest BCUT2D eigenvalue weighted by Crippen LogP contribution is -2.24. The number of rotatable bonds is 1. The number of fused-ring (bicyclic) bond motifs is 5. The molecule has 1 aromatic carbocycles. The van der Waals surface area contributed by atoms with E-state index in [2.05, 4.69) is 0 Å². The average molecular weight is 296 g/mol. The van der Waals surface area contributed by atoms with Gasteiger partial charge in [-0.15, -0.1) is 0 Å². The average Bonchev–Trinajstić information content (AvgIpc) is 3.02. The van der Waals surface area contributed by atoms with Crippen LogP contribution in [0.4, 0.5) is 0 Å². The topological polar surface area (TPSA) is 54.4 Å². The molecular weight excluding hydrogens is 276 g/mol. The molecule has 3 aliphatic carbocycles. The maximum atomic E-state index is 13.0. The lowest BCUT2D eigenvalue weighted by Gasteiger charge is -2.21. The predicted octanol–water partition coefficient (Wildman–Crippen LogP) is 3.30. The molecule has 4 atom stereocenters. The van der Waals surface area contributed by atoms with Crippen LogP contribution in [0.3, 0.4) is 0 Å². The van der Waals surface area contributed by atoms with Gasteiger partial charge < -0.3 is 5.11 Å². The summed E-state index contributed by atoms with van der Waals surface area (Å²) in [6, 6.07) is 4.09. The highest BCUT2D eigenvalue weighted by Crippen LogP contribution is 2.58. The molecule has 4 unspecified atom stereocenters. The molecule has 2 bridgehead atoms. The van der Waals surface area contributed by atoms with Gasteiger partial charge in [-0.3, -0.25) is 9.59 Å². The van der Waals surface area contributed by atoms with Crippen molar-refractivity contribution < 1.29 is 14.7 Å². The maximum absolute atomic E-state index is 13.0. The van der Waals surface area contributed by atoms with E-state index in [0.29, 0.717) is 5.57 Å². The first-order valence-corrected chi connectivity index (χ1v) is 8.01. The molecule has 0 amide bonds. The molecule has 3 heteroatoms. The van der Waals surface area contributed by atoms with Gasteiger partial charge in [0, 0.05) is 23.7 Å². The third-order valence-electron chi connectivity index (χ3n) is 5.82. The van der Waals surface area contributed by atoms with E-state index in [0.717, 1.165) is 35.1 Å². The Morgan fingerprint density at radius 2 is 1.50 bits per heavy atom. The summed E-state index contributed by atoms with van der Waals surface area (Å²) in [6.07, 6.45) is 1.63. The highest BCUT2D eigenvalue weighted by Gasteiger charge is 2.62. The van der Waals surface area contributed by atoms with Gasteiger partial charge in [-0.05, 0) is 50.3 Å². The quantitative estimate of drug-likeness (QED) is 0.865. The first kappa shape index (κ1) is 13.7. The van der Waals surface area contributed by atoms with Crippen LogP contribution in [0.25, 0.3) is 5.57 Å². The van der Waals surface area contributed by atoms with Crippen molar-refractivity contribution in [1.29, 1.82) is 0 Å². The Bertz CT molecular complexity index is 733. The van der Waals surface area contributed by atoms with Crippen molar-refractivity contribution in [3.05, 3.63) is 40.1 Å². The van der Waals surface area contributed by atoms with E-state index < -0.39 is 0 Å². The van der Waals surface area contributed by atoms with Gasteiger partial charge in [0.05, 0.1) is 5.57 Å². The molecular formula is C19H20O3. The second kappa shape index (κ2) is 4.31. The van der Waals surface area contributed by atoms with Crippen LogP contribution >= 0.6 is 0 Å². The molecule has 3 aliphatic rings. The Morgan fingerprint density at radius 3 is 2.05 bits per heavy atom. The molecule has 4 rings (SSSR count). The number of hydrogen-bond acceptors (Lipinski definition) is 3. The number of carbonyl (C=O) groups is 2. The van der Waals surface area contributed by atoms with Crippen LogP contribution in [-0.2, 0) is 9.59 Å².